The van der Waals surface area contributed by atoms with E-state index in [2.05, 4.69) is 4.90 Å². The number of phenolic OH excluding ortho intramolecular Hbond substituents is 1. The number of hydrogen-bond donors (Lipinski definition) is 1. The Bertz CT molecular complexity index is 458. The molecule has 1 atom stereocenters. The van der Waals surface area contributed by atoms with Gasteiger partial charge in [0.15, 0.2) is 0 Å². The van der Waals surface area contributed by atoms with E-state index in [-0.39, 0.29) is 11.7 Å². The lowest BCUT2D eigenvalue weighted by atomic mass is 10.1. The standard InChI is InChI=1S/C15H20N2O2/c18-14-6-4-12(5-7-14)15(19)17-10-2-9-16-8-1-3-13(16)11-17/h4-7,13,18H,1-3,8-11H2/t13-/m0/s1. The molecule has 1 amide bonds. The van der Waals surface area contributed by atoms with E-state index in [1.807, 2.05) is 4.90 Å². The maximum absolute atomic E-state index is 12.5. The van der Waals surface area contributed by atoms with Gasteiger partial charge >= 0.3 is 0 Å². The molecule has 2 heterocycles. The summed E-state index contributed by atoms with van der Waals surface area (Å²) in [6, 6.07) is 7.10. The molecule has 0 radical (unpaired) electrons. The van der Waals surface area contributed by atoms with Crippen molar-refractivity contribution >= 4 is 5.91 Å². The number of carbonyl (C=O) groups is 1. The second kappa shape index (κ2) is 5.21. The normalized spacial score (nSPS) is 24.0. The molecule has 2 aliphatic rings. The zero-order chi connectivity index (χ0) is 13.2. The Hall–Kier alpha value is -1.55. The van der Waals surface area contributed by atoms with Gasteiger partial charge in [0.1, 0.15) is 5.75 Å². The van der Waals surface area contributed by atoms with Gasteiger partial charge < -0.3 is 10.0 Å². The van der Waals surface area contributed by atoms with E-state index in [0.29, 0.717) is 11.6 Å². The number of aromatic hydroxyl groups is 1. The summed E-state index contributed by atoms with van der Waals surface area (Å²) in [5.74, 6) is 0.295. The summed E-state index contributed by atoms with van der Waals surface area (Å²) in [7, 11) is 0. The first-order valence-electron chi connectivity index (χ1n) is 7.06. The summed E-state index contributed by atoms with van der Waals surface area (Å²) in [6.45, 7) is 3.99. The van der Waals surface area contributed by atoms with Gasteiger partial charge in [0.05, 0.1) is 0 Å². The summed E-state index contributed by atoms with van der Waals surface area (Å²) in [5, 5.41) is 9.29. The number of benzene rings is 1. The van der Waals surface area contributed by atoms with Crippen LogP contribution in [-0.2, 0) is 0 Å². The van der Waals surface area contributed by atoms with Crippen molar-refractivity contribution < 1.29 is 9.90 Å². The number of nitrogens with zero attached hydrogens (tertiary/aromatic N) is 2. The highest BCUT2D eigenvalue weighted by atomic mass is 16.3. The van der Waals surface area contributed by atoms with Crippen molar-refractivity contribution in [1.82, 2.24) is 9.80 Å². The molecule has 4 nitrogen and oxygen atoms in total. The highest BCUT2D eigenvalue weighted by molar-refractivity contribution is 5.94. The van der Waals surface area contributed by atoms with Gasteiger partial charge in [-0.15, -0.1) is 0 Å². The minimum Gasteiger partial charge on any atom is -0.508 e. The minimum absolute atomic E-state index is 0.0914. The van der Waals surface area contributed by atoms with Crippen LogP contribution < -0.4 is 0 Å². The van der Waals surface area contributed by atoms with Gasteiger partial charge in [0.2, 0.25) is 0 Å². The highest BCUT2D eigenvalue weighted by Crippen LogP contribution is 2.22. The topological polar surface area (TPSA) is 43.8 Å². The Morgan fingerprint density at radius 2 is 1.84 bits per heavy atom. The van der Waals surface area contributed by atoms with Crippen LogP contribution in [0.4, 0.5) is 0 Å². The van der Waals surface area contributed by atoms with Gasteiger partial charge in [-0.1, -0.05) is 0 Å². The Morgan fingerprint density at radius 3 is 2.63 bits per heavy atom. The SMILES string of the molecule is O=C(c1ccc(O)cc1)N1CCCN2CCC[C@H]2C1. The molecule has 0 aromatic heterocycles. The van der Waals surface area contributed by atoms with Crippen molar-refractivity contribution in [3.63, 3.8) is 0 Å². The van der Waals surface area contributed by atoms with E-state index in [9.17, 15) is 9.90 Å². The minimum atomic E-state index is 0.0914. The molecule has 2 saturated heterocycles. The Morgan fingerprint density at radius 1 is 1.11 bits per heavy atom. The summed E-state index contributed by atoms with van der Waals surface area (Å²) < 4.78 is 0. The Labute approximate surface area is 113 Å². The molecule has 0 saturated carbocycles. The van der Waals surface area contributed by atoms with E-state index in [1.54, 1.807) is 24.3 Å². The van der Waals surface area contributed by atoms with Crippen molar-refractivity contribution in [3.8, 4) is 5.75 Å². The predicted octanol–water partition coefficient (Wildman–Crippen LogP) is 1.70. The van der Waals surface area contributed by atoms with E-state index in [0.717, 1.165) is 26.1 Å². The number of fused-ring (bicyclic) bond motifs is 1. The lowest BCUT2D eigenvalue weighted by Gasteiger charge is -2.25. The van der Waals surface area contributed by atoms with Gasteiger partial charge in [-0.25, -0.2) is 0 Å². The molecular formula is C15H20N2O2. The van der Waals surface area contributed by atoms with E-state index in [1.165, 1.54) is 19.4 Å². The molecule has 0 aliphatic carbocycles. The van der Waals surface area contributed by atoms with E-state index in [4.69, 9.17) is 0 Å². The maximum atomic E-state index is 12.5. The monoisotopic (exact) mass is 260 g/mol. The first kappa shape index (κ1) is 12.5. The zero-order valence-electron chi connectivity index (χ0n) is 11.1. The van der Waals surface area contributed by atoms with Gasteiger partial charge in [-0.05, 0) is 50.1 Å². The van der Waals surface area contributed by atoms with Crippen LogP contribution >= 0.6 is 0 Å². The predicted molar refractivity (Wildman–Crippen MR) is 73.2 cm³/mol. The molecule has 1 N–H and O–H groups in total. The zero-order valence-corrected chi connectivity index (χ0v) is 11.1. The first-order valence-corrected chi connectivity index (χ1v) is 7.06. The quantitative estimate of drug-likeness (QED) is 0.836. The summed E-state index contributed by atoms with van der Waals surface area (Å²) in [4.78, 5) is 17.0. The third kappa shape index (κ3) is 2.59. The molecule has 3 rings (SSSR count). The van der Waals surface area contributed by atoms with Gasteiger partial charge in [0.25, 0.3) is 5.91 Å². The van der Waals surface area contributed by atoms with Crippen LogP contribution in [0.15, 0.2) is 24.3 Å². The molecule has 0 bridgehead atoms. The largest absolute Gasteiger partial charge is 0.508 e. The van der Waals surface area contributed by atoms with Crippen LogP contribution in [-0.4, -0.2) is 53.0 Å². The molecule has 2 fully saturated rings. The van der Waals surface area contributed by atoms with Crippen LogP contribution in [0.3, 0.4) is 0 Å². The second-order valence-corrected chi connectivity index (χ2v) is 5.48. The molecule has 2 aliphatic heterocycles. The first-order chi connectivity index (χ1) is 9.24. The molecule has 1 aromatic carbocycles. The van der Waals surface area contributed by atoms with E-state index < -0.39 is 0 Å². The second-order valence-electron chi connectivity index (χ2n) is 5.48. The summed E-state index contributed by atoms with van der Waals surface area (Å²) in [5.41, 5.74) is 0.671. The van der Waals surface area contributed by atoms with Gasteiger partial charge in [-0.2, -0.15) is 0 Å². The van der Waals surface area contributed by atoms with Crippen LogP contribution in [0, 0.1) is 0 Å². The van der Waals surface area contributed by atoms with Crippen LogP contribution in [0.2, 0.25) is 0 Å². The molecule has 19 heavy (non-hydrogen) atoms. The average molecular weight is 260 g/mol. The molecule has 4 heteroatoms. The number of carbonyl (C=O) groups excluding carboxylic acids is 1. The fourth-order valence-electron chi connectivity index (χ4n) is 3.18. The fraction of sp³-hybridized carbons (Fsp3) is 0.533. The van der Waals surface area contributed by atoms with Gasteiger partial charge in [-0.3, -0.25) is 9.69 Å². The van der Waals surface area contributed by atoms with E-state index >= 15 is 0 Å². The van der Waals surface area contributed by atoms with Crippen LogP contribution in [0.5, 0.6) is 5.75 Å². The highest BCUT2D eigenvalue weighted by Gasteiger charge is 2.30. The molecule has 1 aromatic rings. The molecular weight excluding hydrogens is 240 g/mol. The average Bonchev–Trinajstić information content (AvgIpc) is 2.76. The maximum Gasteiger partial charge on any atom is 0.253 e. The van der Waals surface area contributed by atoms with Crippen molar-refractivity contribution in [1.29, 1.82) is 0 Å². The van der Waals surface area contributed by atoms with Gasteiger partial charge in [0, 0.05) is 31.2 Å². The van der Waals surface area contributed by atoms with Crippen LogP contribution in [0.25, 0.3) is 0 Å². The number of amides is 1. The molecule has 0 unspecified atom stereocenters. The van der Waals surface area contributed by atoms with Crippen molar-refractivity contribution in [2.75, 3.05) is 26.2 Å². The third-order valence-electron chi connectivity index (χ3n) is 4.21. The van der Waals surface area contributed by atoms with Crippen molar-refractivity contribution in [2.24, 2.45) is 0 Å². The Balaban J connectivity index is 1.73. The molecule has 0 spiro atoms. The summed E-state index contributed by atoms with van der Waals surface area (Å²) >= 11 is 0. The molecule has 102 valence electrons. The fourth-order valence-corrected chi connectivity index (χ4v) is 3.18. The number of hydrogen-bond acceptors (Lipinski definition) is 3. The number of rotatable bonds is 1. The summed E-state index contributed by atoms with van der Waals surface area (Å²) in [6.07, 6.45) is 3.52. The lowest BCUT2D eigenvalue weighted by Crippen LogP contribution is -2.39. The van der Waals surface area contributed by atoms with Crippen LogP contribution in [0.1, 0.15) is 29.6 Å². The van der Waals surface area contributed by atoms with Crippen molar-refractivity contribution in [2.45, 2.75) is 25.3 Å². The number of phenols is 1. The van der Waals surface area contributed by atoms with Crippen molar-refractivity contribution in [3.05, 3.63) is 29.8 Å². The Kier molecular flexibility index (Phi) is 3.42. The lowest BCUT2D eigenvalue weighted by molar-refractivity contribution is 0.0743. The third-order valence-corrected chi connectivity index (χ3v) is 4.21. The smallest absolute Gasteiger partial charge is 0.253 e.